The highest BCUT2D eigenvalue weighted by molar-refractivity contribution is 5.04. The molecule has 0 spiro atoms. The Kier molecular flexibility index (Phi) is 2.69. The number of rotatable bonds is 3. The lowest BCUT2D eigenvalue weighted by atomic mass is 9.54. The minimum Gasteiger partial charge on any atom is -0.330 e. The second kappa shape index (κ2) is 4.30. The van der Waals surface area contributed by atoms with E-state index in [2.05, 4.69) is 9.67 Å². The van der Waals surface area contributed by atoms with Crippen molar-refractivity contribution in [1.82, 2.24) is 14.8 Å². The third-order valence-corrected chi connectivity index (χ3v) is 5.64. The highest BCUT2D eigenvalue weighted by atomic mass is 15.4. The number of nitrogens with two attached hydrogens (primary N) is 1. The van der Waals surface area contributed by atoms with Crippen LogP contribution in [0.3, 0.4) is 0 Å². The van der Waals surface area contributed by atoms with Crippen molar-refractivity contribution < 1.29 is 0 Å². The first-order chi connectivity index (χ1) is 9.24. The van der Waals surface area contributed by atoms with Crippen molar-refractivity contribution in [3.8, 4) is 0 Å². The Hall–Kier alpha value is -0.900. The van der Waals surface area contributed by atoms with Crippen LogP contribution in [0.5, 0.6) is 0 Å². The van der Waals surface area contributed by atoms with Crippen molar-refractivity contribution in [3.63, 3.8) is 0 Å². The van der Waals surface area contributed by atoms with E-state index in [1.807, 2.05) is 6.92 Å². The molecule has 4 fully saturated rings. The number of hydrogen-bond donors (Lipinski definition) is 1. The molecule has 4 heteroatoms. The zero-order valence-electron chi connectivity index (χ0n) is 11.8. The third kappa shape index (κ3) is 1.83. The number of aromatic nitrogens is 3. The summed E-state index contributed by atoms with van der Waals surface area (Å²) in [7, 11) is 0. The molecule has 0 amide bonds. The molecule has 0 atom stereocenters. The lowest BCUT2D eigenvalue weighted by Gasteiger charge is -2.54. The van der Waals surface area contributed by atoms with Crippen LogP contribution in [0.1, 0.15) is 49.8 Å². The predicted molar refractivity (Wildman–Crippen MR) is 73.6 cm³/mol. The van der Waals surface area contributed by atoms with Crippen LogP contribution in [-0.4, -0.2) is 21.3 Å². The van der Waals surface area contributed by atoms with Gasteiger partial charge in [-0.1, -0.05) is 0 Å². The maximum Gasteiger partial charge on any atom is 0.147 e. The average Bonchev–Trinajstić information content (AvgIpc) is 2.69. The molecule has 0 radical (unpaired) electrons. The Morgan fingerprint density at radius 2 is 1.74 bits per heavy atom. The Labute approximate surface area is 114 Å². The fraction of sp³-hybridized carbons (Fsp3) is 0.867. The van der Waals surface area contributed by atoms with Gasteiger partial charge in [-0.25, -0.2) is 9.67 Å². The van der Waals surface area contributed by atoms with Crippen LogP contribution in [0.2, 0.25) is 0 Å². The topological polar surface area (TPSA) is 56.7 Å². The van der Waals surface area contributed by atoms with Crippen LogP contribution in [0.25, 0.3) is 0 Å². The van der Waals surface area contributed by atoms with Crippen LogP contribution in [-0.2, 0) is 6.42 Å². The maximum atomic E-state index is 5.73. The summed E-state index contributed by atoms with van der Waals surface area (Å²) in [6, 6.07) is 0.621. The normalized spacial score (nSPS) is 40.0. The predicted octanol–water partition coefficient (Wildman–Crippen LogP) is 2.08. The summed E-state index contributed by atoms with van der Waals surface area (Å²) in [5.41, 5.74) is 5.73. The molecule has 2 N–H and O–H groups in total. The van der Waals surface area contributed by atoms with E-state index in [0.717, 1.165) is 41.7 Å². The fourth-order valence-electron chi connectivity index (χ4n) is 5.31. The first kappa shape index (κ1) is 11.9. The standard InChI is InChI=1S/C15H24N4/c1-9-17-14(2-3-16)19(18-9)15-12-5-10-4-11(7-12)8-13(15)6-10/h10-13,15H,2-8,16H2,1H3. The van der Waals surface area contributed by atoms with Gasteiger partial charge in [-0.2, -0.15) is 5.10 Å². The molecule has 0 aliphatic heterocycles. The number of hydrogen-bond acceptors (Lipinski definition) is 3. The molecular formula is C15H24N4. The molecule has 1 heterocycles. The smallest absolute Gasteiger partial charge is 0.147 e. The first-order valence-corrected chi connectivity index (χ1v) is 7.86. The van der Waals surface area contributed by atoms with Crippen molar-refractivity contribution >= 4 is 0 Å². The molecule has 0 unspecified atom stereocenters. The minimum absolute atomic E-state index is 0.621. The summed E-state index contributed by atoms with van der Waals surface area (Å²) in [6.45, 7) is 2.68. The van der Waals surface area contributed by atoms with Crippen LogP contribution in [0.4, 0.5) is 0 Å². The summed E-state index contributed by atoms with van der Waals surface area (Å²) < 4.78 is 2.27. The average molecular weight is 260 g/mol. The van der Waals surface area contributed by atoms with E-state index in [4.69, 9.17) is 10.8 Å². The van der Waals surface area contributed by atoms with Gasteiger partial charge in [0.05, 0.1) is 6.04 Å². The Morgan fingerprint density at radius 3 is 2.32 bits per heavy atom. The van der Waals surface area contributed by atoms with Gasteiger partial charge in [-0.15, -0.1) is 0 Å². The molecule has 0 saturated heterocycles. The SMILES string of the molecule is Cc1nc(CCN)n(C2C3CC4CC(C3)CC2C4)n1. The fourth-order valence-corrected chi connectivity index (χ4v) is 5.31. The second-order valence-electron chi connectivity index (χ2n) is 6.98. The van der Waals surface area contributed by atoms with Gasteiger partial charge in [0.1, 0.15) is 11.6 Å². The largest absolute Gasteiger partial charge is 0.330 e. The van der Waals surface area contributed by atoms with Gasteiger partial charge < -0.3 is 5.73 Å². The first-order valence-electron chi connectivity index (χ1n) is 7.86. The van der Waals surface area contributed by atoms with E-state index in [1.54, 1.807) is 0 Å². The molecule has 4 aliphatic rings. The van der Waals surface area contributed by atoms with Crippen molar-refractivity contribution in [2.24, 2.45) is 29.4 Å². The molecule has 5 rings (SSSR count). The molecule has 19 heavy (non-hydrogen) atoms. The lowest BCUT2D eigenvalue weighted by molar-refractivity contribution is -0.0348. The van der Waals surface area contributed by atoms with Gasteiger partial charge in [-0.3, -0.25) is 0 Å². The molecule has 4 aliphatic carbocycles. The van der Waals surface area contributed by atoms with E-state index in [-0.39, 0.29) is 0 Å². The number of aryl methyl sites for hydroxylation is 1. The summed E-state index contributed by atoms with van der Waals surface area (Å²) in [6.07, 6.45) is 8.09. The summed E-state index contributed by atoms with van der Waals surface area (Å²) in [5.74, 6) is 5.78. The lowest BCUT2D eigenvalue weighted by Crippen LogP contribution is -2.46. The summed E-state index contributed by atoms with van der Waals surface area (Å²) >= 11 is 0. The van der Waals surface area contributed by atoms with E-state index < -0.39 is 0 Å². The zero-order valence-corrected chi connectivity index (χ0v) is 11.8. The maximum absolute atomic E-state index is 5.73. The Morgan fingerprint density at radius 1 is 1.11 bits per heavy atom. The third-order valence-electron chi connectivity index (χ3n) is 5.64. The number of nitrogens with zero attached hydrogens (tertiary/aromatic N) is 3. The highest BCUT2D eigenvalue weighted by Gasteiger charge is 2.49. The zero-order chi connectivity index (χ0) is 13.0. The molecular weight excluding hydrogens is 236 g/mol. The van der Waals surface area contributed by atoms with Crippen molar-refractivity contribution in [1.29, 1.82) is 0 Å². The van der Waals surface area contributed by atoms with E-state index in [9.17, 15) is 0 Å². The molecule has 4 bridgehead atoms. The van der Waals surface area contributed by atoms with Gasteiger partial charge in [0, 0.05) is 6.42 Å². The monoisotopic (exact) mass is 260 g/mol. The molecule has 0 aromatic carbocycles. The minimum atomic E-state index is 0.621. The Bertz CT molecular complexity index is 450. The molecule has 4 nitrogen and oxygen atoms in total. The molecule has 1 aromatic heterocycles. The van der Waals surface area contributed by atoms with Crippen molar-refractivity contribution in [2.45, 2.75) is 51.5 Å². The van der Waals surface area contributed by atoms with Gasteiger partial charge in [-0.05, 0) is 69.2 Å². The molecule has 104 valence electrons. The Balaban J connectivity index is 1.68. The van der Waals surface area contributed by atoms with Crippen LogP contribution in [0, 0.1) is 30.6 Å². The molecule has 1 aromatic rings. The van der Waals surface area contributed by atoms with Gasteiger partial charge in [0.2, 0.25) is 0 Å². The van der Waals surface area contributed by atoms with Crippen LogP contribution in [0.15, 0.2) is 0 Å². The van der Waals surface area contributed by atoms with Crippen LogP contribution >= 0.6 is 0 Å². The van der Waals surface area contributed by atoms with Gasteiger partial charge in [0.15, 0.2) is 0 Å². The van der Waals surface area contributed by atoms with Crippen molar-refractivity contribution in [2.75, 3.05) is 6.54 Å². The second-order valence-corrected chi connectivity index (χ2v) is 6.98. The van der Waals surface area contributed by atoms with Gasteiger partial charge >= 0.3 is 0 Å². The van der Waals surface area contributed by atoms with E-state index >= 15 is 0 Å². The van der Waals surface area contributed by atoms with E-state index in [1.165, 1.54) is 32.1 Å². The summed E-state index contributed by atoms with van der Waals surface area (Å²) in [4.78, 5) is 4.60. The van der Waals surface area contributed by atoms with Crippen LogP contribution < -0.4 is 5.73 Å². The quantitative estimate of drug-likeness (QED) is 0.905. The van der Waals surface area contributed by atoms with Gasteiger partial charge in [0.25, 0.3) is 0 Å². The van der Waals surface area contributed by atoms with E-state index in [0.29, 0.717) is 12.6 Å². The molecule has 4 saturated carbocycles. The van der Waals surface area contributed by atoms with Crippen molar-refractivity contribution in [3.05, 3.63) is 11.6 Å². The highest BCUT2D eigenvalue weighted by Crippen LogP contribution is 2.58. The summed E-state index contributed by atoms with van der Waals surface area (Å²) in [5, 5.41) is 4.73.